The molecule has 7 heteroatoms. The van der Waals surface area contributed by atoms with Crippen molar-refractivity contribution in [1.82, 2.24) is 10.2 Å². The lowest BCUT2D eigenvalue weighted by Crippen LogP contribution is -2.49. The quantitative estimate of drug-likeness (QED) is 0.314. The highest BCUT2D eigenvalue weighted by atomic mass is 19.1. The van der Waals surface area contributed by atoms with Gasteiger partial charge in [0, 0.05) is 43.9 Å². The van der Waals surface area contributed by atoms with Crippen LogP contribution in [-0.2, 0) is 22.6 Å². The highest BCUT2D eigenvalue weighted by Crippen LogP contribution is 2.37. The Kier molecular flexibility index (Phi) is 7.68. The highest BCUT2D eigenvalue weighted by Gasteiger charge is 2.31. The van der Waals surface area contributed by atoms with Gasteiger partial charge < -0.3 is 15.1 Å². The van der Waals surface area contributed by atoms with Crippen LogP contribution in [0.4, 0.5) is 10.1 Å². The summed E-state index contributed by atoms with van der Waals surface area (Å²) in [6.45, 7) is 0.545. The van der Waals surface area contributed by atoms with Gasteiger partial charge in [-0.05, 0) is 47.2 Å². The molecule has 0 aromatic heterocycles. The number of hydrogen-bond acceptors (Lipinski definition) is 3. The standard InChI is InChI=1S/C32H30FN3O3/c1-34-31(38)28(20-22-8-3-2-4-9-22)36(21-23-15-17-25(33)18-16-23)29(37)14-7-19-35-27-13-6-11-24-10-5-12-26(30(24)27)32(35)39/h2-6,8-13,15-18,28H,7,14,19-21H2,1H3,(H,34,38)/t28-/m0/s1. The van der Waals surface area contributed by atoms with Crippen molar-refractivity contribution in [2.75, 3.05) is 18.5 Å². The third-order valence-electron chi connectivity index (χ3n) is 7.21. The summed E-state index contributed by atoms with van der Waals surface area (Å²) in [5.41, 5.74) is 3.19. The van der Waals surface area contributed by atoms with E-state index >= 15 is 0 Å². The predicted octanol–water partition coefficient (Wildman–Crippen LogP) is 5.11. The number of halogens is 1. The molecule has 1 N–H and O–H groups in total. The Bertz CT molecular complexity index is 1500. The lowest BCUT2D eigenvalue weighted by Gasteiger charge is -2.31. The van der Waals surface area contributed by atoms with Crippen LogP contribution in [0.3, 0.4) is 0 Å². The van der Waals surface area contributed by atoms with E-state index in [0.29, 0.717) is 24.9 Å². The summed E-state index contributed by atoms with van der Waals surface area (Å²) in [4.78, 5) is 43.2. The van der Waals surface area contributed by atoms with Gasteiger partial charge >= 0.3 is 0 Å². The van der Waals surface area contributed by atoms with E-state index in [0.717, 1.165) is 27.6 Å². The van der Waals surface area contributed by atoms with E-state index in [1.54, 1.807) is 29.0 Å². The third-order valence-corrected chi connectivity index (χ3v) is 7.21. The van der Waals surface area contributed by atoms with Crippen molar-refractivity contribution in [2.45, 2.75) is 31.8 Å². The minimum Gasteiger partial charge on any atom is -0.357 e. The van der Waals surface area contributed by atoms with Crippen molar-refractivity contribution in [3.05, 3.63) is 114 Å². The van der Waals surface area contributed by atoms with Gasteiger partial charge in [-0.15, -0.1) is 0 Å². The number of carbonyl (C=O) groups excluding carboxylic acids is 3. The molecule has 0 saturated carbocycles. The van der Waals surface area contributed by atoms with Crippen LogP contribution in [0.5, 0.6) is 0 Å². The number of nitrogens with one attached hydrogen (secondary N) is 1. The summed E-state index contributed by atoms with van der Waals surface area (Å²) < 4.78 is 13.6. The predicted molar refractivity (Wildman–Crippen MR) is 150 cm³/mol. The zero-order valence-corrected chi connectivity index (χ0v) is 21.8. The fraction of sp³-hybridized carbons (Fsp3) is 0.219. The molecule has 6 nitrogen and oxygen atoms in total. The first-order chi connectivity index (χ1) is 19.0. The molecule has 4 aromatic carbocycles. The lowest BCUT2D eigenvalue weighted by atomic mass is 10.0. The van der Waals surface area contributed by atoms with Crippen LogP contribution in [0, 0.1) is 5.82 Å². The molecule has 0 bridgehead atoms. The average molecular weight is 524 g/mol. The maximum atomic E-state index is 13.7. The molecule has 0 radical (unpaired) electrons. The fourth-order valence-corrected chi connectivity index (χ4v) is 5.24. The smallest absolute Gasteiger partial charge is 0.258 e. The van der Waals surface area contributed by atoms with Gasteiger partial charge in [-0.2, -0.15) is 0 Å². The summed E-state index contributed by atoms with van der Waals surface area (Å²) in [5, 5.41) is 4.65. The number of anilines is 1. The topological polar surface area (TPSA) is 69.7 Å². The summed E-state index contributed by atoms with van der Waals surface area (Å²) in [6, 6.07) is 26.3. The van der Waals surface area contributed by atoms with Gasteiger partial charge in [-0.1, -0.05) is 66.7 Å². The van der Waals surface area contributed by atoms with Gasteiger partial charge in [-0.3, -0.25) is 14.4 Å². The molecule has 39 heavy (non-hydrogen) atoms. The molecular weight excluding hydrogens is 493 g/mol. The molecule has 4 aromatic rings. The van der Waals surface area contributed by atoms with Crippen molar-refractivity contribution >= 4 is 34.2 Å². The second kappa shape index (κ2) is 11.5. The normalized spacial score (nSPS) is 13.0. The van der Waals surface area contributed by atoms with Crippen molar-refractivity contribution in [3.8, 4) is 0 Å². The van der Waals surface area contributed by atoms with Crippen LogP contribution >= 0.6 is 0 Å². The number of hydrogen-bond donors (Lipinski definition) is 1. The number of benzene rings is 4. The van der Waals surface area contributed by atoms with E-state index in [1.165, 1.54) is 12.1 Å². The van der Waals surface area contributed by atoms with Gasteiger partial charge in [0.15, 0.2) is 0 Å². The molecule has 0 spiro atoms. The molecule has 0 saturated heterocycles. The number of likely N-dealkylation sites (N-methyl/N-ethyl adjacent to an activating group) is 1. The zero-order valence-electron chi connectivity index (χ0n) is 21.8. The minimum atomic E-state index is -0.749. The maximum absolute atomic E-state index is 13.7. The van der Waals surface area contributed by atoms with Crippen molar-refractivity contribution in [1.29, 1.82) is 0 Å². The molecule has 198 valence electrons. The first-order valence-electron chi connectivity index (χ1n) is 13.1. The second-order valence-electron chi connectivity index (χ2n) is 9.71. The molecule has 5 rings (SSSR count). The monoisotopic (exact) mass is 523 g/mol. The molecule has 3 amide bonds. The van der Waals surface area contributed by atoms with Crippen LogP contribution in [-0.4, -0.2) is 42.3 Å². The van der Waals surface area contributed by atoms with Crippen LogP contribution < -0.4 is 10.2 Å². The first kappa shape index (κ1) is 26.1. The zero-order chi connectivity index (χ0) is 27.4. The Labute approximate surface area is 227 Å². The largest absolute Gasteiger partial charge is 0.357 e. The molecule has 1 heterocycles. The Balaban J connectivity index is 1.35. The van der Waals surface area contributed by atoms with Crippen LogP contribution in [0.25, 0.3) is 10.8 Å². The summed E-state index contributed by atoms with van der Waals surface area (Å²) in [7, 11) is 1.55. The molecule has 1 aliphatic heterocycles. The SMILES string of the molecule is CNC(=O)[C@H](Cc1ccccc1)N(Cc1ccc(F)cc1)C(=O)CCCN1C(=O)c2cccc3cccc1c23. The Morgan fingerprint density at radius 2 is 1.62 bits per heavy atom. The molecular formula is C32H30FN3O3. The summed E-state index contributed by atoms with van der Waals surface area (Å²) in [6.07, 6.45) is 0.926. The average Bonchev–Trinajstić information content (AvgIpc) is 3.24. The van der Waals surface area contributed by atoms with E-state index in [1.807, 2.05) is 66.7 Å². The van der Waals surface area contributed by atoms with Gasteiger partial charge in [-0.25, -0.2) is 4.39 Å². The number of amides is 3. The maximum Gasteiger partial charge on any atom is 0.258 e. The Hall–Kier alpha value is -4.52. The third kappa shape index (κ3) is 5.53. The number of nitrogens with zero attached hydrogens (tertiary/aromatic N) is 2. The molecule has 1 aliphatic rings. The minimum absolute atomic E-state index is 0.0651. The molecule has 0 aliphatic carbocycles. The molecule has 1 atom stereocenters. The van der Waals surface area contributed by atoms with Gasteiger partial charge in [0.25, 0.3) is 5.91 Å². The van der Waals surface area contributed by atoms with Gasteiger partial charge in [0.2, 0.25) is 11.8 Å². The highest BCUT2D eigenvalue weighted by molar-refractivity contribution is 6.25. The Morgan fingerprint density at radius 1 is 0.897 bits per heavy atom. The first-order valence-corrected chi connectivity index (χ1v) is 13.1. The van der Waals surface area contributed by atoms with Crippen molar-refractivity contribution < 1.29 is 18.8 Å². The van der Waals surface area contributed by atoms with Gasteiger partial charge in [0.05, 0.1) is 5.69 Å². The van der Waals surface area contributed by atoms with E-state index < -0.39 is 6.04 Å². The van der Waals surface area contributed by atoms with Crippen molar-refractivity contribution in [2.24, 2.45) is 0 Å². The fourth-order valence-electron chi connectivity index (χ4n) is 5.24. The van der Waals surface area contributed by atoms with E-state index in [-0.39, 0.29) is 36.5 Å². The van der Waals surface area contributed by atoms with Crippen LogP contribution in [0.2, 0.25) is 0 Å². The Morgan fingerprint density at radius 3 is 2.33 bits per heavy atom. The van der Waals surface area contributed by atoms with E-state index in [9.17, 15) is 18.8 Å². The van der Waals surface area contributed by atoms with Gasteiger partial charge in [0.1, 0.15) is 11.9 Å². The molecule has 0 unspecified atom stereocenters. The number of rotatable bonds is 10. The van der Waals surface area contributed by atoms with Crippen LogP contribution in [0.1, 0.15) is 34.3 Å². The van der Waals surface area contributed by atoms with Crippen molar-refractivity contribution in [3.63, 3.8) is 0 Å². The summed E-state index contributed by atoms with van der Waals surface area (Å²) in [5.74, 6) is -0.905. The van der Waals surface area contributed by atoms with E-state index in [2.05, 4.69) is 5.32 Å². The number of carbonyl (C=O) groups is 3. The van der Waals surface area contributed by atoms with Crippen LogP contribution in [0.15, 0.2) is 91.0 Å². The lowest BCUT2D eigenvalue weighted by molar-refractivity contribution is -0.141. The summed E-state index contributed by atoms with van der Waals surface area (Å²) >= 11 is 0. The van der Waals surface area contributed by atoms with E-state index in [4.69, 9.17) is 0 Å². The second-order valence-corrected chi connectivity index (χ2v) is 9.71. The molecule has 0 fully saturated rings.